The smallest absolute Gasteiger partial charge is 0.235 e. The van der Waals surface area contributed by atoms with Gasteiger partial charge in [0.1, 0.15) is 11.6 Å². The van der Waals surface area contributed by atoms with Gasteiger partial charge in [0.2, 0.25) is 5.91 Å². The molecule has 1 saturated heterocycles. The highest BCUT2D eigenvalue weighted by Crippen LogP contribution is 2.17. The van der Waals surface area contributed by atoms with E-state index >= 15 is 0 Å². The highest BCUT2D eigenvalue weighted by molar-refractivity contribution is 7.84. The Morgan fingerprint density at radius 1 is 1.04 bits per heavy atom. The number of rotatable bonds is 5. The van der Waals surface area contributed by atoms with Gasteiger partial charge in [-0.15, -0.1) is 0 Å². The number of nitrogens with zero attached hydrogens (tertiary/aromatic N) is 2. The standard InChI is InChI=1S/C21H25FN2O2S/c1-16-3-4-17(2)18(13-16)14-27(26)15-21(25)24-11-9-23(10-12-24)20-7-5-19(22)6-8-20/h3-8,13H,9-12,14-15H2,1-2H3/t27-/m0/s1. The summed E-state index contributed by atoms with van der Waals surface area (Å²) in [5.41, 5.74) is 4.24. The lowest BCUT2D eigenvalue weighted by Gasteiger charge is -2.36. The van der Waals surface area contributed by atoms with Gasteiger partial charge in [-0.05, 0) is 49.2 Å². The maximum Gasteiger partial charge on any atom is 0.235 e. The number of carbonyl (C=O) groups is 1. The zero-order valence-electron chi connectivity index (χ0n) is 15.8. The van der Waals surface area contributed by atoms with Crippen LogP contribution in [0.25, 0.3) is 0 Å². The van der Waals surface area contributed by atoms with Crippen LogP contribution in [0.5, 0.6) is 0 Å². The van der Waals surface area contributed by atoms with E-state index in [1.165, 1.54) is 12.1 Å². The molecule has 0 radical (unpaired) electrons. The SMILES string of the molecule is Cc1ccc(C)c(C[S@](=O)CC(=O)N2CCN(c3ccc(F)cc3)CC2)c1. The van der Waals surface area contributed by atoms with E-state index in [-0.39, 0.29) is 17.5 Å². The summed E-state index contributed by atoms with van der Waals surface area (Å²) in [4.78, 5) is 16.4. The zero-order valence-corrected chi connectivity index (χ0v) is 16.6. The molecule has 0 saturated carbocycles. The van der Waals surface area contributed by atoms with Crippen molar-refractivity contribution in [3.8, 4) is 0 Å². The molecule has 1 heterocycles. The fourth-order valence-corrected chi connectivity index (χ4v) is 4.49. The van der Waals surface area contributed by atoms with Crippen molar-refractivity contribution in [2.24, 2.45) is 0 Å². The second-order valence-electron chi connectivity index (χ2n) is 7.00. The first kappa shape index (κ1) is 19.5. The normalized spacial score (nSPS) is 15.7. The molecule has 27 heavy (non-hydrogen) atoms. The Hall–Kier alpha value is -2.21. The molecule has 1 atom stereocenters. The van der Waals surface area contributed by atoms with E-state index in [0.29, 0.717) is 31.9 Å². The van der Waals surface area contributed by atoms with Crippen LogP contribution < -0.4 is 4.90 Å². The molecule has 1 amide bonds. The number of hydrogen-bond acceptors (Lipinski definition) is 3. The minimum absolute atomic E-state index is 0.0580. The van der Waals surface area contributed by atoms with Gasteiger partial charge in [0, 0.05) is 48.4 Å². The Bertz CT molecular complexity index is 831. The van der Waals surface area contributed by atoms with Gasteiger partial charge in [0.15, 0.2) is 0 Å². The summed E-state index contributed by atoms with van der Waals surface area (Å²) in [6.45, 7) is 6.59. The summed E-state index contributed by atoms with van der Waals surface area (Å²) in [5.74, 6) is 0.162. The molecule has 0 unspecified atom stereocenters. The van der Waals surface area contributed by atoms with Crippen molar-refractivity contribution in [1.29, 1.82) is 0 Å². The van der Waals surface area contributed by atoms with Gasteiger partial charge in [0.05, 0.1) is 0 Å². The van der Waals surface area contributed by atoms with Gasteiger partial charge in [-0.2, -0.15) is 0 Å². The van der Waals surface area contributed by atoms with Crippen molar-refractivity contribution >= 4 is 22.4 Å². The fraction of sp³-hybridized carbons (Fsp3) is 0.381. The lowest BCUT2D eigenvalue weighted by molar-refractivity contribution is -0.128. The van der Waals surface area contributed by atoms with Gasteiger partial charge in [-0.25, -0.2) is 4.39 Å². The summed E-state index contributed by atoms with van der Waals surface area (Å²) in [5, 5.41) is 0. The maximum atomic E-state index is 13.0. The van der Waals surface area contributed by atoms with Gasteiger partial charge in [0.25, 0.3) is 0 Å². The molecule has 0 bridgehead atoms. The fourth-order valence-electron chi connectivity index (χ4n) is 3.28. The second-order valence-corrected chi connectivity index (χ2v) is 8.46. The largest absolute Gasteiger partial charge is 0.368 e. The van der Waals surface area contributed by atoms with Crippen LogP contribution in [0.15, 0.2) is 42.5 Å². The molecular formula is C21H25FN2O2S. The first-order valence-electron chi connectivity index (χ1n) is 9.12. The number of benzene rings is 2. The summed E-state index contributed by atoms with van der Waals surface area (Å²) in [7, 11) is -1.22. The van der Waals surface area contributed by atoms with Crippen LogP contribution in [-0.2, 0) is 21.3 Å². The van der Waals surface area contributed by atoms with E-state index in [0.717, 1.165) is 22.4 Å². The minimum atomic E-state index is -1.22. The van der Waals surface area contributed by atoms with Crippen molar-refractivity contribution < 1.29 is 13.4 Å². The third-order valence-corrected chi connectivity index (χ3v) is 6.13. The molecule has 2 aromatic rings. The summed E-state index contributed by atoms with van der Waals surface area (Å²) in [6, 6.07) is 12.5. The van der Waals surface area contributed by atoms with Crippen LogP contribution in [0.3, 0.4) is 0 Å². The van der Waals surface area contributed by atoms with Gasteiger partial charge >= 0.3 is 0 Å². The van der Waals surface area contributed by atoms with Crippen LogP contribution in [0, 0.1) is 19.7 Å². The lowest BCUT2D eigenvalue weighted by Crippen LogP contribution is -2.50. The van der Waals surface area contributed by atoms with Crippen LogP contribution in [0.4, 0.5) is 10.1 Å². The molecule has 4 nitrogen and oxygen atoms in total. The van der Waals surface area contributed by atoms with Crippen LogP contribution in [-0.4, -0.2) is 46.9 Å². The van der Waals surface area contributed by atoms with Crippen LogP contribution in [0.1, 0.15) is 16.7 Å². The Labute approximate surface area is 162 Å². The number of amides is 1. The third-order valence-electron chi connectivity index (χ3n) is 4.93. The Kier molecular flexibility index (Phi) is 6.26. The molecule has 3 rings (SSSR count). The van der Waals surface area contributed by atoms with E-state index in [4.69, 9.17) is 0 Å². The molecule has 6 heteroatoms. The number of aryl methyl sites for hydroxylation is 2. The van der Waals surface area contributed by atoms with E-state index in [9.17, 15) is 13.4 Å². The van der Waals surface area contributed by atoms with E-state index in [1.54, 1.807) is 17.0 Å². The highest BCUT2D eigenvalue weighted by atomic mass is 32.2. The van der Waals surface area contributed by atoms with Crippen molar-refractivity contribution in [2.45, 2.75) is 19.6 Å². The molecule has 1 aliphatic heterocycles. The van der Waals surface area contributed by atoms with E-state index in [1.807, 2.05) is 32.0 Å². The maximum absolute atomic E-state index is 13.0. The second kappa shape index (κ2) is 8.65. The number of hydrogen-bond donors (Lipinski definition) is 0. The van der Waals surface area contributed by atoms with E-state index < -0.39 is 10.8 Å². The van der Waals surface area contributed by atoms with Crippen molar-refractivity contribution in [1.82, 2.24) is 4.90 Å². The predicted molar refractivity (Wildman–Crippen MR) is 108 cm³/mol. The van der Waals surface area contributed by atoms with Crippen LogP contribution in [0.2, 0.25) is 0 Å². The number of piperazine rings is 1. The molecular weight excluding hydrogens is 363 g/mol. The molecule has 144 valence electrons. The first-order valence-corrected chi connectivity index (χ1v) is 10.6. The molecule has 0 spiro atoms. The number of anilines is 1. The summed E-state index contributed by atoms with van der Waals surface area (Å²) in [6.07, 6.45) is 0. The van der Waals surface area contributed by atoms with Crippen molar-refractivity contribution in [3.05, 3.63) is 65.0 Å². The van der Waals surface area contributed by atoms with Gasteiger partial charge < -0.3 is 9.80 Å². The minimum Gasteiger partial charge on any atom is -0.368 e. The van der Waals surface area contributed by atoms with Crippen molar-refractivity contribution in [3.63, 3.8) is 0 Å². The van der Waals surface area contributed by atoms with E-state index in [2.05, 4.69) is 4.90 Å². The zero-order chi connectivity index (χ0) is 19.4. The third kappa shape index (κ3) is 5.16. The molecule has 1 aliphatic rings. The summed E-state index contributed by atoms with van der Waals surface area (Å²) >= 11 is 0. The first-order chi connectivity index (χ1) is 12.9. The molecule has 0 aromatic heterocycles. The van der Waals surface area contributed by atoms with Crippen LogP contribution >= 0.6 is 0 Å². The molecule has 2 aromatic carbocycles. The van der Waals surface area contributed by atoms with Crippen molar-refractivity contribution in [2.75, 3.05) is 36.8 Å². The monoisotopic (exact) mass is 388 g/mol. The predicted octanol–water partition coefficient (Wildman–Crippen LogP) is 3.04. The average Bonchev–Trinajstić information content (AvgIpc) is 2.65. The molecule has 1 fully saturated rings. The Morgan fingerprint density at radius 3 is 2.37 bits per heavy atom. The Balaban J connectivity index is 1.51. The lowest BCUT2D eigenvalue weighted by atomic mass is 10.1. The van der Waals surface area contributed by atoms with Gasteiger partial charge in [-0.1, -0.05) is 23.8 Å². The topological polar surface area (TPSA) is 40.6 Å². The number of halogens is 1. The van der Waals surface area contributed by atoms with Gasteiger partial charge in [-0.3, -0.25) is 9.00 Å². The Morgan fingerprint density at radius 2 is 1.70 bits per heavy atom. The highest BCUT2D eigenvalue weighted by Gasteiger charge is 2.22. The molecule has 0 aliphatic carbocycles. The average molecular weight is 389 g/mol. The quantitative estimate of drug-likeness (QED) is 0.791. The summed E-state index contributed by atoms with van der Waals surface area (Å²) < 4.78 is 25.5. The number of carbonyl (C=O) groups excluding carboxylic acids is 1. The molecule has 0 N–H and O–H groups in total.